The molecule has 0 spiro atoms. The second-order valence-corrected chi connectivity index (χ2v) is 11.1. The van der Waals surface area contributed by atoms with E-state index in [4.69, 9.17) is 18.9 Å². The van der Waals surface area contributed by atoms with Crippen LogP contribution in [0.3, 0.4) is 0 Å². The molecule has 1 amide bonds. The molecular formula is C38H37N5O5. The van der Waals surface area contributed by atoms with Gasteiger partial charge in [-0.2, -0.15) is 0 Å². The maximum atomic E-state index is 12.8. The second-order valence-electron chi connectivity index (χ2n) is 11.1. The monoisotopic (exact) mass is 643 g/mol. The highest BCUT2D eigenvalue weighted by Crippen LogP contribution is 2.42. The van der Waals surface area contributed by atoms with E-state index in [0.717, 1.165) is 28.2 Å². The molecule has 6 aromatic rings. The Morgan fingerprint density at radius 3 is 1.92 bits per heavy atom. The van der Waals surface area contributed by atoms with Gasteiger partial charge in [-0.25, -0.2) is 15.0 Å². The molecule has 1 atom stereocenters. The van der Waals surface area contributed by atoms with Gasteiger partial charge in [0.15, 0.2) is 17.0 Å². The Balaban J connectivity index is 1.26. The Kier molecular flexibility index (Phi) is 10.0. The maximum Gasteiger partial charge on any atom is 0.256 e. The van der Waals surface area contributed by atoms with E-state index in [2.05, 4.69) is 32.4 Å². The predicted octanol–water partition coefficient (Wildman–Crippen LogP) is 6.51. The number of aryl methyl sites for hydroxylation is 1. The Morgan fingerprint density at radius 1 is 0.750 bits per heavy atom. The summed E-state index contributed by atoms with van der Waals surface area (Å²) in [6.07, 6.45) is 3.46. The molecule has 0 aliphatic carbocycles. The van der Waals surface area contributed by atoms with Gasteiger partial charge in [-0.1, -0.05) is 72.8 Å². The number of benzene rings is 4. The van der Waals surface area contributed by atoms with Crippen molar-refractivity contribution in [2.24, 2.45) is 0 Å². The van der Waals surface area contributed by atoms with Crippen LogP contribution in [0, 0.1) is 0 Å². The number of ether oxygens (including phenoxy) is 4. The Bertz CT molecular complexity index is 1880. The van der Waals surface area contributed by atoms with Crippen molar-refractivity contribution in [3.05, 3.63) is 144 Å². The van der Waals surface area contributed by atoms with Gasteiger partial charge < -0.3 is 28.8 Å². The lowest BCUT2D eigenvalue weighted by Crippen LogP contribution is -2.36. The lowest BCUT2D eigenvalue weighted by atomic mass is 9.80. The summed E-state index contributed by atoms with van der Waals surface area (Å²) in [6.45, 7) is 0.828. The van der Waals surface area contributed by atoms with E-state index in [-0.39, 0.29) is 18.6 Å². The molecule has 0 saturated carbocycles. The highest BCUT2D eigenvalue weighted by Gasteiger charge is 2.38. The summed E-state index contributed by atoms with van der Waals surface area (Å²) in [5, 5.41) is 2.86. The average Bonchev–Trinajstić information content (AvgIpc) is 3.58. The third-order valence-corrected chi connectivity index (χ3v) is 8.35. The van der Waals surface area contributed by atoms with Gasteiger partial charge >= 0.3 is 0 Å². The number of hydrogen-bond acceptors (Lipinski definition) is 8. The van der Waals surface area contributed by atoms with Gasteiger partial charge in [0, 0.05) is 19.2 Å². The molecule has 2 heterocycles. The topological polar surface area (TPSA) is 110 Å². The molecule has 6 rings (SSSR count). The summed E-state index contributed by atoms with van der Waals surface area (Å²) in [7, 11) is 4.99. The minimum atomic E-state index is -0.961. The van der Waals surface area contributed by atoms with Crippen molar-refractivity contribution < 1.29 is 23.7 Å². The Hall–Kier alpha value is -5.58. The zero-order valence-corrected chi connectivity index (χ0v) is 27.1. The van der Waals surface area contributed by atoms with Crippen molar-refractivity contribution in [3.8, 4) is 11.5 Å². The minimum absolute atomic E-state index is 0.266. The summed E-state index contributed by atoms with van der Waals surface area (Å²) in [5.74, 6) is 1.59. The lowest BCUT2D eigenvalue weighted by Gasteiger charge is -2.37. The van der Waals surface area contributed by atoms with Crippen LogP contribution in [-0.2, 0) is 21.6 Å². The zero-order chi connectivity index (χ0) is 33.3. The first kappa shape index (κ1) is 32.4. The highest BCUT2D eigenvalue weighted by atomic mass is 16.5. The van der Waals surface area contributed by atoms with Gasteiger partial charge in [0.2, 0.25) is 0 Å². The molecule has 0 saturated heterocycles. The second kappa shape index (κ2) is 14.9. The molecule has 4 aromatic carbocycles. The fourth-order valence-corrected chi connectivity index (χ4v) is 5.75. The first-order valence-electron chi connectivity index (χ1n) is 15.6. The van der Waals surface area contributed by atoms with E-state index in [1.807, 2.05) is 89.5 Å². The third kappa shape index (κ3) is 6.76. The van der Waals surface area contributed by atoms with Crippen molar-refractivity contribution in [1.29, 1.82) is 0 Å². The van der Waals surface area contributed by atoms with E-state index < -0.39 is 5.60 Å². The van der Waals surface area contributed by atoms with Gasteiger partial charge in [0.1, 0.15) is 23.4 Å². The molecule has 0 fully saturated rings. The Morgan fingerprint density at radius 2 is 1.33 bits per heavy atom. The molecule has 0 bridgehead atoms. The molecule has 2 aromatic heterocycles. The summed E-state index contributed by atoms with van der Waals surface area (Å²) < 4.78 is 25.9. The van der Waals surface area contributed by atoms with Crippen LogP contribution in [0.2, 0.25) is 0 Å². The normalized spacial score (nSPS) is 12.1. The molecule has 48 heavy (non-hydrogen) atoms. The van der Waals surface area contributed by atoms with Crippen LogP contribution >= 0.6 is 0 Å². The van der Waals surface area contributed by atoms with Crippen LogP contribution in [-0.4, -0.2) is 59.5 Å². The fourth-order valence-electron chi connectivity index (χ4n) is 5.75. The van der Waals surface area contributed by atoms with Gasteiger partial charge in [0.25, 0.3) is 5.91 Å². The SMILES string of the molecule is COc1ccc(C(OC[C@H](CCn2cnc3c(NC(=O)c4ccccc4)ncnc32)OC)(c2ccccc2)c2ccc(OC)cc2)cc1. The average molecular weight is 644 g/mol. The molecule has 0 unspecified atom stereocenters. The van der Waals surface area contributed by atoms with E-state index in [9.17, 15) is 4.79 Å². The first-order chi connectivity index (χ1) is 23.5. The number of rotatable bonds is 14. The van der Waals surface area contributed by atoms with Crippen LogP contribution in [0.15, 0.2) is 122 Å². The van der Waals surface area contributed by atoms with Crippen LogP contribution in [0.4, 0.5) is 5.82 Å². The molecule has 0 radical (unpaired) electrons. The van der Waals surface area contributed by atoms with Gasteiger partial charge in [-0.3, -0.25) is 4.79 Å². The molecular weight excluding hydrogens is 606 g/mol. The molecule has 0 aliphatic rings. The predicted molar refractivity (Wildman–Crippen MR) is 183 cm³/mol. The first-order valence-corrected chi connectivity index (χ1v) is 15.6. The van der Waals surface area contributed by atoms with E-state index >= 15 is 0 Å². The molecule has 10 heteroatoms. The summed E-state index contributed by atoms with van der Waals surface area (Å²) >= 11 is 0. The standard InChI is InChI=1S/C38H37N5O5/c1-45-31-18-14-29(15-19-31)38(28-12-8-5-9-13-28,30-16-20-32(46-2)21-17-30)48-24-33(47-3)22-23-43-26-41-34-35(39-25-40-36(34)43)42-37(44)27-10-6-4-7-11-27/h4-21,25-26,33H,22-24H2,1-3H3,(H,39,40,42,44)/t33-/m0/s1. The van der Waals surface area contributed by atoms with E-state index in [0.29, 0.717) is 35.5 Å². The minimum Gasteiger partial charge on any atom is -0.497 e. The van der Waals surface area contributed by atoms with Crippen molar-refractivity contribution in [3.63, 3.8) is 0 Å². The number of nitrogens with zero attached hydrogens (tertiary/aromatic N) is 4. The van der Waals surface area contributed by atoms with Crippen LogP contribution in [0.25, 0.3) is 11.2 Å². The smallest absolute Gasteiger partial charge is 0.256 e. The number of aromatic nitrogens is 4. The summed E-state index contributed by atoms with van der Waals surface area (Å²) in [4.78, 5) is 26.1. The fraction of sp³-hybridized carbons (Fsp3) is 0.211. The molecule has 0 aliphatic heterocycles. The number of imidazole rings is 1. The largest absolute Gasteiger partial charge is 0.497 e. The van der Waals surface area contributed by atoms with Crippen molar-refractivity contribution in [2.45, 2.75) is 24.7 Å². The molecule has 244 valence electrons. The number of amides is 1. The lowest BCUT2D eigenvalue weighted by molar-refractivity contribution is -0.0549. The molecule has 10 nitrogen and oxygen atoms in total. The number of carbonyl (C=O) groups excluding carboxylic acids is 1. The van der Waals surface area contributed by atoms with Crippen LogP contribution in [0.1, 0.15) is 33.5 Å². The number of methoxy groups -OCH3 is 3. The quantitative estimate of drug-likeness (QED) is 0.134. The summed E-state index contributed by atoms with van der Waals surface area (Å²) in [5.41, 5.74) is 3.54. The van der Waals surface area contributed by atoms with Gasteiger partial charge in [0.05, 0.1) is 33.3 Å². The molecule has 1 N–H and O–H groups in total. The van der Waals surface area contributed by atoms with Crippen LogP contribution in [0.5, 0.6) is 11.5 Å². The van der Waals surface area contributed by atoms with Crippen molar-refractivity contribution in [2.75, 3.05) is 33.3 Å². The van der Waals surface area contributed by atoms with E-state index in [1.54, 1.807) is 39.8 Å². The number of nitrogens with one attached hydrogen (secondary N) is 1. The highest BCUT2D eigenvalue weighted by molar-refractivity contribution is 6.06. The number of fused-ring (bicyclic) bond motifs is 1. The van der Waals surface area contributed by atoms with E-state index in [1.165, 1.54) is 6.33 Å². The third-order valence-electron chi connectivity index (χ3n) is 8.35. The number of hydrogen-bond donors (Lipinski definition) is 1. The number of carbonyl (C=O) groups is 1. The summed E-state index contributed by atoms with van der Waals surface area (Å²) in [6, 6.07) is 35.0. The van der Waals surface area contributed by atoms with Gasteiger partial charge in [-0.15, -0.1) is 0 Å². The number of anilines is 1. The Labute approximate surface area is 279 Å². The van der Waals surface area contributed by atoms with Gasteiger partial charge in [-0.05, 0) is 59.5 Å². The maximum absolute atomic E-state index is 12.8. The van der Waals surface area contributed by atoms with Crippen molar-refractivity contribution >= 4 is 22.9 Å². The van der Waals surface area contributed by atoms with Crippen LogP contribution < -0.4 is 14.8 Å². The van der Waals surface area contributed by atoms with Crippen molar-refractivity contribution in [1.82, 2.24) is 19.5 Å². The zero-order valence-electron chi connectivity index (χ0n) is 27.1.